The maximum Gasteiger partial charge on any atom is 0.244 e. The van der Waals surface area contributed by atoms with Gasteiger partial charge in [-0.1, -0.05) is 57.9 Å². The summed E-state index contributed by atoms with van der Waals surface area (Å²) >= 11 is 3.58. The Morgan fingerprint density at radius 1 is 1.22 bits per heavy atom. The standard InChI is InChI=1S/C18H19BrN2O.ClH/c1-12-5-7-14(8-6-12)17(20)18(22)21-10-9-13-3-2-4-16(19)15(13)11-21;/h2-8,17H,9-11,20H2,1H3;1H. The lowest BCUT2D eigenvalue weighted by atomic mass is 9.98. The van der Waals surface area contributed by atoms with Crippen LogP contribution in [0.15, 0.2) is 46.9 Å². The molecule has 5 heteroatoms. The fourth-order valence-corrected chi connectivity index (χ4v) is 3.37. The Bertz CT molecular complexity index is 703. The second-order valence-electron chi connectivity index (χ2n) is 5.78. The van der Waals surface area contributed by atoms with Crippen LogP contribution in [0.2, 0.25) is 0 Å². The van der Waals surface area contributed by atoms with E-state index < -0.39 is 6.04 Å². The molecule has 0 bridgehead atoms. The van der Waals surface area contributed by atoms with Crippen molar-refractivity contribution >= 4 is 34.2 Å². The van der Waals surface area contributed by atoms with Crippen molar-refractivity contribution in [3.63, 3.8) is 0 Å². The first kappa shape index (κ1) is 18.0. The summed E-state index contributed by atoms with van der Waals surface area (Å²) in [5.74, 6) is -0.00902. The number of hydrogen-bond acceptors (Lipinski definition) is 2. The molecular formula is C18H20BrClN2O. The van der Waals surface area contributed by atoms with Crippen LogP contribution < -0.4 is 5.73 Å². The summed E-state index contributed by atoms with van der Waals surface area (Å²) in [6, 6.07) is 13.4. The number of benzene rings is 2. The fourth-order valence-electron chi connectivity index (χ4n) is 2.84. The molecule has 1 heterocycles. The van der Waals surface area contributed by atoms with E-state index in [1.165, 1.54) is 16.7 Å². The molecule has 1 aliphatic rings. The zero-order chi connectivity index (χ0) is 15.7. The molecular weight excluding hydrogens is 376 g/mol. The fraction of sp³-hybridized carbons (Fsp3) is 0.278. The summed E-state index contributed by atoms with van der Waals surface area (Å²) in [5.41, 5.74) is 10.7. The number of nitrogens with zero attached hydrogens (tertiary/aromatic N) is 1. The lowest BCUT2D eigenvalue weighted by Crippen LogP contribution is -2.41. The van der Waals surface area contributed by atoms with Crippen molar-refractivity contribution in [2.75, 3.05) is 6.54 Å². The maximum atomic E-state index is 12.7. The Hall–Kier alpha value is -1.36. The van der Waals surface area contributed by atoms with Gasteiger partial charge in [0, 0.05) is 17.6 Å². The topological polar surface area (TPSA) is 46.3 Å². The molecule has 0 aliphatic carbocycles. The maximum absolute atomic E-state index is 12.7. The van der Waals surface area contributed by atoms with E-state index in [9.17, 15) is 4.79 Å². The summed E-state index contributed by atoms with van der Waals surface area (Å²) in [7, 11) is 0. The zero-order valence-corrected chi connectivity index (χ0v) is 15.4. The average Bonchev–Trinajstić information content (AvgIpc) is 2.54. The molecule has 0 aromatic heterocycles. The van der Waals surface area contributed by atoms with E-state index in [0.29, 0.717) is 6.54 Å². The van der Waals surface area contributed by atoms with Crippen LogP contribution in [0.25, 0.3) is 0 Å². The number of rotatable bonds is 2. The number of halogens is 2. The van der Waals surface area contributed by atoms with Crippen molar-refractivity contribution < 1.29 is 4.79 Å². The SMILES string of the molecule is Cc1ccc(C(N)C(=O)N2CCc3cccc(Br)c3C2)cc1.Cl. The first-order valence-corrected chi connectivity index (χ1v) is 8.23. The molecule has 0 saturated carbocycles. The van der Waals surface area contributed by atoms with Gasteiger partial charge in [0.25, 0.3) is 0 Å². The van der Waals surface area contributed by atoms with Crippen LogP contribution in [0.1, 0.15) is 28.3 Å². The van der Waals surface area contributed by atoms with E-state index in [-0.39, 0.29) is 18.3 Å². The minimum Gasteiger partial charge on any atom is -0.336 e. The van der Waals surface area contributed by atoms with Crippen LogP contribution in [0.4, 0.5) is 0 Å². The molecule has 1 atom stereocenters. The number of nitrogens with two attached hydrogens (primary N) is 1. The summed E-state index contributed by atoms with van der Waals surface area (Å²) < 4.78 is 1.06. The van der Waals surface area contributed by atoms with E-state index in [4.69, 9.17) is 5.73 Å². The Labute approximate surface area is 151 Å². The summed E-state index contributed by atoms with van der Waals surface area (Å²) in [6.45, 7) is 3.37. The van der Waals surface area contributed by atoms with Crippen LogP contribution in [0.3, 0.4) is 0 Å². The molecule has 0 saturated heterocycles. The average molecular weight is 396 g/mol. The molecule has 2 aromatic rings. The Morgan fingerprint density at radius 2 is 1.91 bits per heavy atom. The van der Waals surface area contributed by atoms with Crippen LogP contribution in [0.5, 0.6) is 0 Å². The number of carbonyl (C=O) groups excluding carboxylic acids is 1. The molecule has 1 amide bonds. The van der Waals surface area contributed by atoms with E-state index in [1.807, 2.05) is 48.2 Å². The molecule has 0 spiro atoms. The van der Waals surface area contributed by atoms with Gasteiger partial charge in [-0.15, -0.1) is 12.4 Å². The van der Waals surface area contributed by atoms with Crippen molar-refractivity contribution in [3.05, 3.63) is 69.2 Å². The van der Waals surface area contributed by atoms with E-state index in [1.54, 1.807) is 0 Å². The number of hydrogen-bond donors (Lipinski definition) is 1. The van der Waals surface area contributed by atoms with E-state index in [2.05, 4.69) is 22.0 Å². The van der Waals surface area contributed by atoms with Crippen LogP contribution in [-0.4, -0.2) is 17.4 Å². The molecule has 23 heavy (non-hydrogen) atoms. The number of fused-ring (bicyclic) bond motifs is 1. The smallest absolute Gasteiger partial charge is 0.244 e. The van der Waals surface area contributed by atoms with Crippen molar-refractivity contribution in [3.8, 4) is 0 Å². The van der Waals surface area contributed by atoms with Gasteiger partial charge in [0.2, 0.25) is 5.91 Å². The van der Waals surface area contributed by atoms with Gasteiger partial charge in [0.1, 0.15) is 6.04 Å². The first-order chi connectivity index (χ1) is 10.6. The minimum atomic E-state index is -0.593. The van der Waals surface area contributed by atoms with Gasteiger partial charge in [-0.05, 0) is 36.1 Å². The van der Waals surface area contributed by atoms with Gasteiger partial charge in [-0.2, -0.15) is 0 Å². The van der Waals surface area contributed by atoms with Crippen LogP contribution >= 0.6 is 28.3 Å². The molecule has 1 aliphatic heterocycles. The third-order valence-corrected chi connectivity index (χ3v) is 4.97. The summed E-state index contributed by atoms with van der Waals surface area (Å²) in [5, 5.41) is 0. The zero-order valence-electron chi connectivity index (χ0n) is 13.0. The van der Waals surface area contributed by atoms with Gasteiger partial charge in [0.05, 0.1) is 0 Å². The third kappa shape index (κ3) is 3.77. The quantitative estimate of drug-likeness (QED) is 0.841. The molecule has 2 N–H and O–H groups in total. The van der Waals surface area contributed by atoms with Crippen molar-refractivity contribution in [2.24, 2.45) is 5.73 Å². The van der Waals surface area contributed by atoms with Crippen molar-refractivity contribution in [1.82, 2.24) is 4.90 Å². The van der Waals surface area contributed by atoms with Crippen LogP contribution in [0, 0.1) is 6.92 Å². The Morgan fingerprint density at radius 3 is 2.61 bits per heavy atom. The van der Waals surface area contributed by atoms with Crippen molar-refractivity contribution in [2.45, 2.75) is 25.9 Å². The number of amides is 1. The van der Waals surface area contributed by atoms with Gasteiger partial charge < -0.3 is 10.6 Å². The molecule has 3 rings (SSSR count). The lowest BCUT2D eigenvalue weighted by molar-refractivity contribution is -0.133. The lowest BCUT2D eigenvalue weighted by Gasteiger charge is -2.31. The van der Waals surface area contributed by atoms with Crippen molar-refractivity contribution in [1.29, 1.82) is 0 Å². The highest BCUT2D eigenvalue weighted by Crippen LogP contribution is 2.27. The molecule has 2 aromatic carbocycles. The predicted molar refractivity (Wildman–Crippen MR) is 98.6 cm³/mol. The third-order valence-electron chi connectivity index (χ3n) is 4.23. The first-order valence-electron chi connectivity index (χ1n) is 7.43. The normalized spacial score (nSPS) is 14.7. The minimum absolute atomic E-state index is 0. The molecule has 0 fully saturated rings. The Balaban J connectivity index is 0.00000192. The highest BCUT2D eigenvalue weighted by atomic mass is 79.9. The van der Waals surface area contributed by atoms with E-state index in [0.717, 1.165) is 23.0 Å². The molecule has 3 nitrogen and oxygen atoms in total. The molecule has 0 radical (unpaired) electrons. The van der Waals surface area contributed by atoms with Gasteiger partial charge in [-0.25, -0.2) is 0 Å². The highest BCUT2D eigenvalue weighted by molar-refractivity contribution is 9.10. The van der Waals surface area contributed by atoms with Gasteiger partial charge >= 0.3 is 0 Å². The van der Waals surface area contributed by atoms with E-state index >= 15 is 0 Å². The van der Waals surface area contributed by atoms with Gasteiger partial charge in [-0.3, -0.25) is 4.79 Å². The second kappa shape index (κ2) is 7.47. The number of aryl methyl sites for hydroxylation is 1. The largest absolute Gasteiger partial charge is 0.336 e. The second-order valence-corrected chi connectivity index (χ2v) is 6.63. The monoisotopic (exact) mass is 394 g/mol. The summed E-state index contributed by atoms with van der Waals surface area (Å²) in [6.07, 6.45) is 0.876. The predicted octanol–water partition coefficient (Wildman–Crippen LogP) is 3.76. The highest BCUT2D eigenvalue weighted by Gasteiger charge is 2.26. The summed E-state index contributed by atoms with van der Waals surface area (Å²) in [4.78, 5) is 14.5. The molecule has 1 unspecified atom stereocenters. The molecule has 122 valence electrons. The van der Waals surface area contributed by atoms with Gasteiger partial charge in [0.15, 0.2) is 0 Å². The number of carbonyl (C=O) groups is 1. The van der Waals surface area contributed by atoms with Crippen LogP contribution in [-0.2, 0) is 17.8 Å². The Kier molecular flexibility index (Phi) is 5.84.